The van der Waals surface area contributed by atoms with Gasteiger partial charge in [0.05, 0.1) is 34.0 Å². The van der Waals surface area contributed by atoms with Crippen molar-refractivity contribution in [1.29, 1.82) is 0 Å². The Bertz CT molecular complexity index is 3820. The maximum atomic E-state index is 5.26. The van der Waals surface area contributed by atoms with Crippen molar-refractivity contribution in [2.45, 2.75) is 19.3 Å². The Morgan fingerprint density at radius 3 is 1.55 bits per heavy atom. The zero-order chi connectivity index (χ0) is 42.5. The molecule has 0 saturated carbocycles. The van der Waals surface area contributed by atoms with E-state index in [1.54, 1.807) is 0 Å². The van der Waals surface area contributed by atoms with Gasteiger partial charge in [-0.3, -0.25) is 4.98 Å². The number of para-hydroxylation sites is 2. The van der Waals surface area contributed by atoms with Crippen molar-refractivity contribution < 1.29 is 0 Å². The molecule has 0 fully saturated rings. The number of aromatic nitrogens is 3. The minimum atomic E-state index is -0.157. The summed E-state index contributed by atoms with van der Waals surface area (Å²) < 4.78 is 2.38. The highest BCUT2D eigenvalue weighted by Crippen LogP contribution is 2.51. The van der Waals surface area contributed by atoms with E-state index >= 15 is 0 Å². The van der Waals surface area contributed by atoms with Crippen LogP contribution in [0.2, 0.25) is 0 Å². The van der Waals surface area contributed by atoms with Gasteiger partial charge in [0.25, 0.3) is 0 Å². The zero-order valence-corrected chi connectivity index (χ0v) is 35.5. The Balaban J connectivity index is 0.805. The van der Waals surface area contributed by atoms with E-state index in [-0.39, 0.29) is 5.41 Å². The minimum absolute atomic E-state index is 0.157. The van der Waals surface area contributed by atoms with Crippen LogP contribution in [0.25, 0.3) is 116 Å². The number of benzene rings is 10. The van der Waals surface area contributed by atoms with Crippen molar-refractivity contribution in [2.75, 3.05) is 0 Å². The van der Waals surface area contributed by atoms with Gasteiger partial charge in [-0.1, -0.05) is 172 Å². The minimum Gasteiger partial charge on any atom is -0.309 e. The molecular weight excluding hydrogens is 775 g/mol. The van der Waals surface area contributed by atoms with E-state index in [0.717, 1.165) is 38.6 Å². The topological polar surface area (TPSA) is 30.7 Å². The Kier molecular flexibility index (Phi) is 7.95. The average molecular weight is 816 g/mol. The molecule has 64 heavy (non-hydrogen) atoms. The van der Waals surface area contributed by atoms with Crippen molar-refractivity contribution >= 4 is 54.4 Å². The van der Waals surface area contributed by atoms with Gasteiger partial charge in [0.2, 0.25) is 0 Å². The molecule has 13 rings (SSSR count). The van der Waals surface area contributed by atoms with E-state index in [1.165, 1.54) is 88.3 Å². The molecule has 12 aromatic rings. The molecule has 3 nitrogen and oxygen atoms in total. The molecule has 0 aliphatic heterocycles. The van der Waals surface area contributed by atoms with Gasteiger partial charge in [-0.05, 0) is 115 Å². The molecule has 2 heterocycles. The van der Waals surface area contributed by atoms with Crippen molar-refractivity contribution in [3.05, 3.63) is 224 Å². The summed E-state index contributed by atoms with van der Waals surface area (Å²) in [5, 5.41) is 7.19. The Morgan fingerprint density at radius 1 is 0.359 bits per heavy atom. The van der Waals surface area contributed by atoms with Gasteiger partial charge in [0, 0.05) is 38.2 Å². The predicted octanol–water partition coefficient (Wildman–Crippen LogP) is 16.0. The molecule has 0 radical (unpaired) electrons. The summed E-state index contributed by atoms with van der Waals surface area (Å²) >= 11 is 0. The summed E-state index contributed by atoms with van der Waals surface area (Å²) in [5.74, 6) is 0. The van der Waals surface area contributed by atoms with Crippen LogP contribution >= 0.6 is 0 Å². The quantitative estimate of drug-likeness (QED) is 0.162. The first-order valence-electron chi connectivity index (χ1n) is 22.1. The van der Waals surface area contributed by atoms with E-state index in [2.05, 4.69) is 225 Å². The highest BCUT2D eigenvalue weighted by Gasteiger charge is 2.36. The highest BCUT2D eigenvalue weighted by molar-refractivity contribution is 6.23. The molecule has 10 aromatic carbocycles. The van der Waals surface area contributed by atoms with Crippen LogP contribution in [0.1, 0.15) is 25.0 Å². The lowest BCUT2D eigenvalue weighted by molar-refractivity contribution is 0.661. The first kappa shape index (κ1) is 36.5. The fraction of sp³-hybridized carbons (Fsp3) is 0.0492. The second-order valence-corrected chi connectivity index (χ2v) is 17.8. The second kappa shape index (κ2) is 13.9. The Labute approximate surface area is 371 Å². The molecule has 0 saturated heterocycles. The summed E-state index contributed by atoms with van der Waals surface area (Å²) in [7, 11) is 0. The summed E-state index contributed by atoms with van der Waals surface area (Å²) in [4.78, 5) is 10.3. The van der Waals surface area contributed by atoms with Gasteiger partial charge in [-0.2, -0.15) is 0 Å². The van der Waals surface area contributed by atoms with Gasteiger partial charge >= 0.3 is 0 Å². The van der Waals surface area contributed by atoms with Crippen molar-refractivity contribution in [3.63, 3.8) is 0 Å². The highest BCUT2D eigenvalue weighted by atomic mass is 15.0. The van der Waals surface area contributed by atoms with Crippen LogP contribution in [0.15, 0.2) is 212 Å². The summed E-state index contributed by atoms with van der Waals surface area (Å²) in [6, 6.07) is 75.2. The van der Waals surface area contributed by atoms with Crippen molar-refractivity contribution in [2.24, 2.45) is 0 Å². The van der Waals surface area contributed by atoms with Gasteiger partial charge in [0.1, 0.15) is 0 Å². The first-order valence-corrected chi connectivity index (χ1v) is 22.1. The van der Waals surface area contributed by atoms with Crippen LogP contribution in [-0.2, 0) is 5.41 Å². The molecule has 1 aliphatic carbocycles. The smallest absolute Gasteiger partial charge is 0.0979 e. The lowest BCUT2D eigenvalue weighted by Crippen LogP contribution is -2.15. The van der Waals surface area contributed by atoms with E-state index in [4.69, 9.17) is 9.97 Å². The first-order chi connectivity index (χ1) is 31.5. The summed E-state index contributed by atoms with van der Waals surface area (Å²) in [6.07, 6.45) is 1.92. The van der Waals surface area contributed by atoms with E-state index < -0.39 is 0 Å². The van der Waals surface area contributed by atoms with Gasteiger partial charge in [-0.15, -0.1) is 0 Å². The number of hydrogen-bond acceptors (Lipinski definition) is 2. The fourth-order valence-electron chi connectivity index (χ4n) is 10.6. The summed E-state index contributed by atoms with van der Waals surface area (Å²) in [6.45, 7) is 4.76. The Hall–Kier alpha value is -8.14. The third-order valence-corrected chi connectivity index (χ3v) is 13.8. The predicted molar refractivity (Wildman–Crippen MR) is 268 cm³/mol. The van der Waals surface area contributed by atoms with Crippen molar-refractivity contribution in [1.82, 2.24) is 14.5 Å². The lowest BCUT2D eigenvalue weighted by atomic mass is 9.80. The molecule has 1 aliphatic rings. The molecule has 0 unspecified atom stereocenters. The van der Waals surface area contributed by atoms with Gasteiger partial charge in [0.15, 0.2) is 0 Å². The van der Waals surface area contributed by atoms with Crippen LogP contribution in [0.4, 0.5) is 0 Å². The molecule has 2 aromatic heterocycles. The lowest BCUT2D eigenvalue weighted by Gasteiger charge is -2.22. The van der Waals surface area contributed by atoms with Crippen LogP contribution in [-0.4, -0.2) is 14.5 Å². The number of hydrogen-bond donors (Lipinski definition) is 0. The summed E-state index contributed by atoms with van der Waals surface area (Å²) in [5.41, 5.74) is 19.9. The zero-order valence-electron chi connectivity index (χ0n) is 35.5. The van der Waals surface area contributed by atoms with Crippen LogP contribution in [0.3, 0.4) is 0 Å². The number of nitrogens with zero attached hydrogens (tertiary/aromatic N) is 3. The monoisotopic (exact) mass is 815 g/mol. The molecule has 0 N–H and O–H groups in total. The van der Waals surface area contributed by atoms with E-state index in [9.17, 15) is 0 Å². The second-order valence-electron chi connectivity index (χ2n) is 17.8. The fourth-order valence-corrected chi connectivity index (χ4v) is 10.6. The van der Waals surface area contributed by atoms with E-state index in [0.29, 0.717) is 0 Å². The number of rotatable bonds is 5. The average Bonchev–Trinajstić information content (AvgIpc) is 3.81. The normalized spacial score (nSPS) is 13.0. The third-order valence-electron chi connectivity index (χ3n) is 13.8. The largest absolute Gasteiger partial charge is 0.309 e. The van der Waals surface area contributed by atoms with Crippen LogP contribution in [0.5, 0.6) is 0 Å². The van der Waals surface area contributed by atoms with Crippen LogP contribution in [0, 0.1) is 0 Å². The molecule has 0 bridgehead atoms. The molecule has 300 valence electrons. The SMILES string of the molecule is CC1(C)c2cc(-c3ccc(-c4cccc(-c5cnc6c7ccccc7c7ccccc7c6n5)c4)cc3)ccc2-c2ccc(-c3ccc4c(c3)c3ccccc3n4-c3ccccc3)cc21. The molecule has 0 spiro atoms. The van der Waals surface area contributed by atoms with Gasteiger partial charge in [-0.25, -0.2) is 4.98 Å². The van der Waals surface area contributed by atoms with Crippen LogP contribution < -0.4 is 0 Å². The molecular formula is C61H41N3. The Morgan fingerprint density at radius 2 is 0.859 bits per heavy atom. The standard InChI is InChI=1S/C61H41N3/c1-61(2)54-35-42(27-30-48(54)49-31-28-43(36-55(49)61)41-29-32-58-53(34-41)50-19-10-11-22-57(50)64(58)45-15-4-3-5-16-45)39-25-23-38(24-26-39)40-13-12-14-44(33-40)56-37-62-59-51-20-8-6-17-46(51)47-18-7-9-21-52(47)60(59)63-56/h3-37H,1-2H3. The van der Waals surface area contributed by atoms with Gasteiger partial charge < -0.3 is 4.57 Å². The molecule has 0 atom stereocenters. The van der Waals surface area contributed by atoms with Crippen molar-refractivity contribution in [3.8, 4) is 61.5 Å². The number of fused-ring (bicyclic) bond motifs is 12. The van der Waals surface area contributed by atoms with E-state index in [1.807, 2.05) is 6.20 Å². The maximum Gasteiger partial charge on any atom is 0.0979 e. The molecule has 0 amide bonds. The molecule has 3 heteroatoms. The maximum absolute atomic E-state index is 5.26. The third kappa shape index (κ3) is 5.54.